The highest BCUT2D eigenvalue weighted by Crippen LogP contribution is 2.31. The molecule has 156 valence electrons. The van der Waals surface area contributed by atoms with Crippen LogP contribution in [0, 0.1) is 11.7 Å². The van der Waals surface area contributed by atoms with E-state index in [0.29, 0.717) is 23.0 Å². The van der Waals surface area contributed by atoms with Gasteiger partial charge in [0.25, 0.3) is 11.9 Å². The molecule has 2 aromatic rings. The van der Waals surface area contributed by atoms with Crippen molar-refractivity contribution in [3.8, 4) is 0 Å². The third-order valence-electron chi connectivity index (χ3n) is 6.75. The second-order valence-corrected chi connectivity index (χ2v) is 8.75. The molecular weight excluding hydrogens is 373 g/mol. The second-order valence-electron chi connectivity index (χ2n) is 8.75. The number of nitrogens with zero attached hydrogens (tertiary/aromatic N) is 3. The van der Waals surface area contributed by atoms with E-state index in [9.17, 15) is 9.18 Å². The van der Waals surface area contributed by atoms with Crippen molar-refractivity contribution < 1.29 is 13.6 Å². The first-order chi connectivity index (χ1) is 14.0. The van der Waals surface area contributed by atoms with E-state index in [1.807, 2.05) is 0 Å². The summed E-state index contributed by atoms with van der Waals surface area (Å²) in [5.41, 5.74) is 0.736. The number of anilines is 1. The van der Waals surface area contributed by atoms with E-state index in [1.54, 1.807) is 0 Å². The van der Waals surface area contributed by atoms with E-state index in [-0.39, 0.29) is 29.6 Å². The number of piperazine rings is 1. The largest absolute Gasteiger partial charge is 0.420 e. The fourth-order valence-corrected chi connectivity index (χ4v) is 5.14. The lowest BCUT2D eigenvalue weighted by Crippen LogP contribution is -2.57. The third kappa shape index (κ3) is 3.28. The van der Waals surface area contributed by atoms with Gasteiger partial charge in [0.2, 0.25) is 0 Å². The monoisotopic (exact) mass is 401 g/mol. The van der Waals surface area contributed by atoms with Crippen LogP contribution in [-0.4, -0.2) is 66.6 Å². The van der Waals surface area contributed by atoms with Crippen LogP contribution in [0.4, 0.5) is 10.4 Å². The summed E-state index contributed by atoms with van der Waals surface area (Å²) in [7, 11) is 0. The average molecular weight is 401 g/mol. The lowest BCUT2D eigenvalue weighted by molar-refractivity contribution is 0.0621. The zero-order chi connectivity index (χ0) is 20.1. The zero-order valence-corrected chi connectivity index (χ0v) is 16.9. The highest BCUT2D eigenvalue weighted by molar-refractivity contribution is 6.05. The van der Waals surface area contributed by atoms with Crippen molar-refractivity contribution in [3.63, 3.8) is 0 Å². The molecule has 8 heteroatoms. The first-order valence-electron chi connectivity index (χ1n) is 10.6. The second kappa shape index (κ2) is 7.25. The summed E-state index contributed by atoms with van der Waals surface area (Å²) in [4.78, 5) is 22.1. The molecule has 0 saturated carbocycles. The van der Waals surface area contributed by atoms with Gasteiger partial charge in [-0.25, -0.2) is 4.39 Å². The zero-order valence-electron chi connectivity index (χ0n) is 16.9. The summed E-state index contributed by atoms with van der Waals surface area (Å²) < 4.78 is 20.3. The molecule has 0 aliphatic carbocycles. The molecule has 0 spiro atoms. The minimum Gasteiger partial charge on any atom is -0.420 e. The number of aromatic nitrogens is 1. The number of fused-ring (bicyclic) bond motifs is 4. The van der Waals surface area contributed by atoms with Crippen LogP contribution in [-0.2, 0) is 0 Å². The highest BCUT2D eigenvalue weighted by Gasteiger charge is 2.36. The van der Waals surface area contributed by atoms with Gasteiger partial charge in [-0.3, -0.25) is 4.79 Å². The minimum atomic E-state index is -0.492. The molecule has 0 radical (unpaired) electrons. The molecule has 29 heavy (non-hydrogen) atoms. The topological polar surface area (TPSA) is 73.6 Å². The summed E-state index contributed by atoms with van der Waals surface area (Å²) in [6, 6.07) is 3.67. The van der Waals surface area contributed by atoms with Crippen molar-refractivity contribution in [1.82, 2.24) is 20.5 Å². The van der Waals surface area contributed by atoms with E-state index in [0.717, 1.165) is 45.6 Å². The molecule has 1 aromatic heterocycles. The number of rotatable bonds is 3. The van der Waals surface area contributed by atoms with Crippen molar-refractivity contribution in [2.45, 2.75) is 44.8 Å². The molecule has 3 atom stereocenters. The van der Waals surface area contributed by atoms with Gasteiger partial charge in [-0.2, -0.15) is 4.98 Å². The van der Waals surface area contributed by atoms with Crippen LogP contribution >= 0.6 is 0 Å². The Bertz CT molecular complexity index is 913. The van der Waals surface area contributed by atoms with Crippen LogP contribution < -0.4 is 15.5 Å². The van der Waals surface area contributed by atoms with E-state index in [4.69, 9.17) is 4.42 Å². The molecule has 1 aromatic carbocycles. The van der Waals surface area contributed by atoms with Crippen molar-refractivity contribution in [3.05, 3.63) is 23.5 Å². The Morgan fingerprint density at radius 2 is 1.97 bits per heavy atom. The molecule has 4 aliphatic heterocycles. The normalized spacial score (nSPS) is 32.0. The number of hydrogen-bond donors (Lipinski definition) is 2. The Kier molecular flexibility index (Phi) is 4.70. The summed E-state index contributed by atoms with van der Waals surface area (Å²) in [6.45, 7) is 8.89. The summed E-state index contributed by atoms with van der Waals surface area (Å²) in [5.74, 6) is -0.168. The Balaban J connectivity index is 1.45. The maximum Gasteiger partial charge on any atom is 0.299 e. The standard InChI is InChI=1S/C21H28FN5O2/c1-12-9-23-10-13(2)27(12)21-25-18-15(3-4-16(22)19(18)29-21)20(28)24-17-11-26-7-5-14(17)6-8-26/h3-4,12-14,17,23H,5-11H2,1-2H3,(H,24,28)/t12-,13-,17?/m0/s1. The number of piperidine rings is 3. The Labute approximate surface area is 169 Å². The minimum absolute atomic E-state index is 0.0551. The van der Waals surface area contributed by atoms with Crippen LogP contribution in [0.5, 0.6) is 0 Å². The van der Waals surface area contributed by atoms with E-state index in [1.165, 1.54) is 12.1 Å². The van der Waals surface area contributed by atoms with Gasteiger partial charge < -0.3 is 24.9 Å². The summed E-state index contributed by atoms with van der Waals surface area (Å²) in [6.07, 6.45) is 2.24. The lowest BCUT2D eigenvalue weighted by Gasteiger charge is -2.44. The van der Waals surface area contributed by atoms with Crippen molar-refractivity contribution in [2.24, 2.45) is 5.92 Å². The van der Waals surface area contributed by atoms with Gasteiger partial charge in [0.05, 0.1) is 5.56 Å². The highest BCUT2D eigenvalue weighted by atomic mass is 19.1. The van der Waals surface area contributed by atoms with E-state index in [2.05, 4.69) is 39.3 Å². The maximum atomic E-state index is 14.5. The van der Waals surface area contributed by atoms with Crippen LogP contribution in [0.25, 0.3) is 11.1 Å². The van der Waals surface area contributed by atoms with Gasteiger partial charge in [-0.1, -0.05) is 0 Å². The Morgan fingerprint density at radius 1 is 1.24 bits per heavy atom. The summed E-state index contributed by atoms with van der Waals surface area (Å²) in [5, 5.41) is 6.54. The number of amides is 1. The van der Waals surface area contributed by atoms with Crippen LogP contribution in [0.3, 0.4) is 0 Å². The smallest absolute Gasteiger partial charge is 0.299 e. The molecule has 1 amide bonds. The van der Waals surface area contributed by atoms with Gasteiger partial charge in [0.1, 0.15) is 5.52 Å². The number of benzene rings is 1. The lowest BCUT2D eigenvalue weighted by atomic mass is 9.84. The van der Waals surface area contributed by atoms with E-state index >= 15 is 0 Å². The predicted octanol–water partition coefficient (Wildman–Crippen LogP) is 1.98. The first kappa shape index (κ1) is 18.8. The number of oxazole rings is 1. The fraction of sp³-hybridized carbons (Fsp3) is 0.619. The fourth-order valence-electron chi connectivity index (χ4n) is 5.14. The Morgan fingerprint density at radius 3 is 2.62 bits per heavy atom. The number of hydrogen-bond acceptors (Lipinski definition) is 6. The third-order valence-corrected chi connectivity index (χ3v) is 6.75. The van der Waals surface area contributed by atoms with E-state index < -0.39 is 5.82 Å². The molecule has 6 rings (SSSR count). The molecule has 5 heterocycles. The van der Waals surface area contributed by atoms with Crippen LogP contribution in [0.2, 0.25) is 0 Å². The number of nitrogens with one attached hydrogen (secondary N) is 2. The quantitative estimate of drug-likeness (QED) is 0.819. The molecule has 1 unspecified atom stereocenters. The van der Waals surface area contributed by atoms with Crippen molar-refractivity contribution in [2.75, 3.05) is 37.6 Å². The molecule has 2 N–H and O–H groups in total. The van der Waals surface area contributed by atoms with Gasteiger partial charge in [-0.05, 0) is 57.8 Å². The van der Waals surface area contributed by atoms with Gasteiger partial charge in [0, 0.05) is 37.8 Å². The maximum absolute atomic E-state index is 14.5. The van der Waals surface area contributed by atoms with Gasteiger partial charge >= 0.3 is 0 Å². The first-order valence-corrected chi connectivity index (χ1v) is 10.6. The molecule has 4 aliphatic rings. The molecule has 4 fully saturated rings. The summed E-state index contributed by atoms with van der Waals surface area (Å²) >= 11 is 0. The van der Waals surface area contributed by atoms with Crippen molar-refractivity contribution in [1.29, 1.82) is 0 Å². The van der Waals surface area contributed by atoms with Crippen LogP contribution in [0.1, 0.15) is 37.0 Å². The number of halogens is 1. The number of carbonyl (C=O) groups excluding carboxylic acids is 1. The molecule has 7 nitrogen and oxygen atoms in total. The van der Waals surface area contributed by atoms with Crippen molar-refractivity contribution >= 4 is 23.0 Å². The molecule has 4 saturated heterocycles. The average Bonchev–Trinajstić information content (AvgIpc) is 3.14. The molecule has 2 bridgehead atoms. The Hall–Kier alpha value is -2.19. The van der Waals surface area contributed by atoms with Gasteiger partial charge in [-0.15, -0.1) is 0 Å². The number of carbonyl (C=O) groups is 1. The van der Waals surface area contributed by atoms with Gasteiger partial charge in [0.15, 0.2) is 11.4 Å². The SMILES string of the molecule is C[C@H]1CNC[C@H](C)N1c1nc2c(C(=O)NC3CN4CCC3CC4)ccc(F)c2o1. The molecular formula is C21H28FN5O2. The van der Waals surface area contributed by atoms with Crippen LogP contribution in [0.15, 0.2) is 16.5 Å². The predicted molar refractivity (Wildman–Crippen MR) is 109 cm³/mol.